The number of carbonyl (C=O) groups is 1. The van der Waals surface area contributed by atoms with Gasteiger partial charge in [-0.05, 0) is 30.8 Å². The molecule has 3 atom stereocenters. The monoisotopic (exact) mass is 349 g/mol. The number of hydrogen-bond donors (Lipinski definition) is 1. The van der Waals surface area contributed by atoms with E-state index in [0.29, 0.717) is 19.0 Å². The molecule has 0 spiro atoms. The zero-order valence-corrected chi connectivity index (χ0v) is 14.7. The van der Waals surface area contributed by atoms with Crippen LogP contribution >= 0.6 is 0 Å². The molecule has 3 heterocycles. The van der Waals surface area contributed by atoms with E-state index in [1.807, 2.05) is 6.92 Å². The third-order valence-electron chi connectivity index (χ3n) is 4.48. The highest BCUT2D eigenvalue weighted by atomic mass is 16.5. The van der Waals surface area contributed by atoms with Crippen LogP contribution in [-0.2, 0) is 4.74 Å². The number of rotatable bonds is 7. The Kier molecular flexibility index (Phi) is 5.37. The number of amides is 1. The van der Waals surface area contributed by atoms with E-state index in [-0.39, 0.29) is 35.6 Å². The summed E-state index contributed by atoms with van der Waals surface area (Å²) in [4.78, 5) is 12.2. The SMILES string of the molecule is CCC(C)[C@H](Oc1cc(C(=O)NC2CCOC2)on1)c1cnoc1C. The Bertz CT molecular complexity index is 705. The maximum atomic E-state index is 12.2. The Labute approximate surface area is 145 Å². The molecule has 8 nitrogen and oxygen atoms in total. The summed E-state index contributed by atoms with van der Waals surface area (Å²) in [5.41, 5.74) is 0.867. The van der Waals surface area contributed by atoms with Gasteiger partial charge in [-0.3, -0.25) is 4.79 Å². The molecule has 1 amide bonds. The number of aromatic nitrogens is 2. The van der Waals surface area contributed by atoms with Crippen molar-refractivity contribution in [2.24, 2.45) is 5.92 Å². The molecule has 3 rings (SSSR count). The van der Waals surface area contributed by atoms with Crippen LogP contribution in [-0.4, -0.2) is 35.5 Å². The lowest BCUT2D eigenvalue weighted by Gasteiger charge is -2.21. The highest BCUT2D eigenvalue weighted by Crippen LogP contribution is 2.31. The van der Waals surface area contributed by atoms with Crippen LogP contribution in [0.25, 0.3) is 0 Å². The predicted molar refractivity (Wildman–Crippen MR) is 87.3 cm³/mol. The minimum Gasteiger partial charge on any atom is -0.467 e. The molecule has 0 aromatic carbocycles. The molecule has 0 saturated carbocycles. The number of ether oxygens (including phenoxy) is 2. The smallest absolute Gasteiger partial charge is 0.290 e. The second kappa shape index (κ2) is 7.69. The van der Waals surface area contributed by atoms with E-state index in [2.05, 4.69) is 29.5 Å². The standard InChI is InChI=1S/C17H23N3O5/c1-4-10(2)16(13-8-18-24-11(13)3)23-15-7-14(25-20-15)17(21)19-12-5-6-22-9-12/h7-8,10,12,16H,4-6,9H2,1-3H3,(H,19,21)/t10?,12?,16-/m0/s1. The average Bonchev–Trinajstić information content (AvgIpc) is 3.34. The van der Waals surface area contributed by atoms with Gasteiger partial charge in [0.05, 0.1) is 30.5 Å². The summed E-state index contributed by atoms with van der Waals surface area (Å²) in [6, 6.07) is 1.51. The molecule has 1 N–H and O–H groups in total. The molecule has 136 valence electrons. The third kappa shape index (κ3) is 4.01. The van der Waals surface area contributed by atoms with Gasteiger partial charge in [-0.15, -0.1) is 0 Å². The van der Waals surface area contributed by atoms with Crippen LogP contribution in [0.3, 0.4) is 0 Å². The molecule has 2 aromatic heterocycles. The summed E-state index contributed by atoms with van der Waals surface area (Å²) >= 11 is 0. The summed E-state index contributed by atoms with van der Waals surface area (Å²) in [6.07, 6.45) is 3.08. The largest absolute Gasteiger partial charge is 0.467 e. The highest BCUT2D eigenvalue weighted by Gasteiger charge is 2.27. The van der Waals surface area contributed by atoms with Gasteiger partial charge in [0.1, 0.15) is 11.9 Å². The van der Waals surface area contributed by atoms with E-state index in [9.17, 15) is 4.79 Å². The van der Waals surface area contributed by atoms with Gasteiger partial charge >= 0.3 is 0 Å². The number of nitrogens with zero attached hydrogens (tertiary/aromatic N) is 2. The lowest BCUT2D eigenvalue weighted by molar-refractivity contribution is 0.0891. The van der Waals surface area contributed by atoms with Gasteiger partial charge in [-0.2, -0.15) is 0 Å². The third-order valence-corrected chi connectivity index (χ3v) is 4.48. The molecule has 2 aromatic rings. The Morgan fingerprint density at radius 3 is 2.96 bits per heavy atom. The summed E-state index contributed by atoms with van der Waals surface area (Å²) in [5, 5.41) is 10.5. The van der Waals surface area contributed by atoms with Crippen molar-refractivity contribution in [1.82, 2.24) is 15.6 Å². The molecule has 8 heteroatoms. The Balaban J connectivity index is 1.69. The molecular formula is C17H23N3O5. The zero-order chi connectivity index (χ0) is 17.8. The van der Waals surface area contributed by atoms with E-state index in [1.54, 1.807) is 6.20 Å². The maximum absolute atomic E-state index is 12.2. The van der Waals surface area contributed by atoms with Crippen molar-refractivity contribution < 1.29 is 23.3 Å². The highest BCUT2D eigenvalue weighted by molar-refractivity contribution is 5.91. The fraction of sp³-hybridized carbons (Fsp3) is 0.588. The molecular weight excluding hydrogens is 326 g/mol. The van der Waals surface area contributed by atoms with Crippen molar-refractivity contribution in [3.05, 3.63) is 29.3 Å². The predicted octanol–water partition coefficient (Wildman–Crippen LogP) is 2.66. The van der Waals surface area contributed by atoms with Crippen LogP contribution in [0.4, 0.5) is 0 Å². The molecule has 2 unspecified atom stereocenters. The first-order valence-corrected chi connectivity index (χ1v) is 8.51. The molecule has 1 fully saturated rings. The molecule has 25 heavy (non-hydrogen) atoms. The molecule has 0 radical (unpaired) electrons. The molecule has 1 saturated heterocycles. The minimum absolute atomic E-state index is 0.00878. The fourth-order valence-corrected chi connectivity index (χ4v) is 2.74. The number of aryl methyl sites for hydroxylation is 1. The Morgan fingerprint density at radius 2 is 2.32 bits per heavy atom. The summed E-state index contributed by atoms with van der Waals surface area (Å²) in [6.45, 7) is 7.17. The topological polar surface area (TPSA) is 99.6 Å². The number of hydrogen-bond acceptors (Lipinski definition) is 7. The Morgan fingerprint density at radius 1 is 1.48 bits per heavy atom. The quantitative estimate of drug-likeness (QED) is 0.820. The van der Waals surface area contributed by atoms with E-state index < -0.39 is 0 Å². The number of carbonyl (C=O) groups excluding carboxylic acids is 1. The van der Waals surface area contributed by atoms with Gasteiger partial charge < -0.3 is 23.8 Å². The van der Waals surface area contributed by atoms with Crippen molar-refractivity contribution in [3.63, 3.8) is 0 Å². The molecule has 0 aliphatic carbocycles. The van der Waals surface area contributed by atoms with Crippen molar-refractivity contribution in [3.8, 4) is 5.88 Å². The van der Waals surface area contributed by atoms with Crippen LogP contribution in [0.2, 0.25) is 0 Å². The van der Waals surface area contributed by atoms with E-state index in [4.69, 9.17) is 18.5 Å². The first-order chi connectivity index (χ1) is 12.1. The van der Waals surface area contributed by atoms with Gasteiger partial charge in [0.25, 0.3) is 11.8 Å². The van der Waals surface area contributed by atoms with E-state index >= 15 is 0 Å². The average molecular weight is 349 g/mol. The Hall–Kier alpha value is -2.35. The van der Waals surface area contributed by atoms with Gasteiger partial charge in [-0.1, -0.05) is 19.0 Å². The van der Waals surface area contributed by atoms with Crippen LogP contribution in [0.5, 0.6) is 5.88 Å². The van der Waals surface area contributed by atoms with Gasteiger partial charge in [0, 0.05) is 6.61 Å². The molecule has 0 bridgehead atoms. The van der Waals surface area contributed by atoms with Crippen molar-refractivity contribution in [2.45, 2.75) is 45.8 Å². The van der Waals surface area contributed by atoms with Crippen molar-refractivity contribution >= 4 is 5.91 Å². The minimum atomic E-state index is -0.320. The van der Waals surface area contributed by atoms with Crippen LogP contribution < -0.4 is 10.1 Å². The van der Waals surface area contributed by atoms with Crippen LogP contribution in [0.15, 0.2) is 21.3 Å². The summed E-state index contributed by atoms with van der Waals surface area (Å²) in [5.74, 6) is 0.973. The fourth-order valence-electron chi connectivity index (χ4n) is 2.74. The van der Waals surface area contributed by atoms with Crippen molar-refractivity contribution in [2.75, 3.05) is 13.2 Å². The normalized spacial score (nSPS) is 19.6. The van der Waals surface area contributed by atoms with Crippen LogP contribution in [0, 0.1) is 12.8 Å². The lowest BCUT2D eigenvalue weighted by Crippen LogP contribution is -2.34. The first-order valence-electron chi connectivity index (χ1n) is 8.51. The van der Waals surface area contributed by atoms with Gasteiger partial charge in [-0.25, -0.2) is 0 Å². The summed E-state index contributed by atoms with van der Waals surface area (Å²) in [7, 11) is 0. The second-order valence-corrected chi connectivity index (χ2v) is 6.32. The molecule has 1 aliphatic rings. The van der Waals surface area contributed by atoms with Gasteiger partial charge in [0.15, 0.2) is 0 Å². The second-order valence-electron chi connectivity index (χ2n) is 6.32. The van der Waals surface area contributed by atoms with Gasteiger partial charge in [0.2, 0.25) is 5.76 Å². The summed E-state index contributed by atoms with van der Waals surface area (Å²) < 4.78 is 21.5. The zero-order valence-electron chi connectivity index (χ0n) is 14.7. The molecule has 1 aliphatic heterocycles. The maximum Gasteiger partial charge on any atom is 0.290 e. The van der Waals surface area contributed by atoms with E-state index in [0.717, 1.165) is 18.4 Å². The van der Waals surface area contributed by atoms with Crippen molar-refractivity contribution in [1.29, 1.82) is 0 Å². The first kappa shape index (κ1) is 17.5. The number of nitrogens with one attached hydrogen (secondary N) is 1. The van der Waals surface area contributed by atoms with E-state index in [1.165, 1.54) is 6.07 Å². The van der Waals surface area contributed by atoms with Crippen LogP contribution in [0.1, 0.15) is 54.7 Å². The lowest BCUT2D eigenvalue weighted by atomic mass is 9.96.